The fraction of sp³-hybridized carbons (Fsp3) is 0.500. The maximum absolute atomic E-state index is 13.8. The third-order valence-electron chi connectivity index (χ3n) is 2.78. The van der Waals surface area contributed by atoms with Gasteiger partial charge >= 0.3 is 0 Å². The molecule has 0 fully saturated rings. The van der Waals surface area contributed by atoms with Crippen LogP contribution in [0.2, 0.25) is 0 Å². The summed E-state index contributed by atoms with van der Waals surface area (Å²) in [5, 5.41) is 8.75. The Labute approximate surface area is 112 Å². The molecule has 108 valence electrons. The molecule has 0 aliphatic carbocycles. The Bertz CT molecular complexity index is 546. The number of nitrogens with two attached hydrogens (primary N) is 1. The second-order valence-electron chi connectivity index (χ2n) is 4.62. The summed E-state index contributed by atoms with van der Waals surface area (Å²) in [4.78, 5) is -0.443. The van der Waals surface area contributed by atoms with Gasteiger partial charge in [0.15, 0.2) is 0 Å². The highest BCUT2D eigenvalue weighted by Crippen LogP contribution is 2.21. The number of hydrogen-bond acceptors (Lipinski definition) is 4. The SMILES string of the molecule is Cc1cc(N)cc(S(=O)(=O)NCC(C)CCO)c1F. The second kappa shape index (κ2) is 6.31. The number of sulfonamides is 1. The van der Waals surface area contributed by atoms with Gasteiger partial charge in [0.25, 0.3) is 0 Å². The minimum Gasteiger partial charge on any atom is -0.399 e. The van der Waals surface area contributed by atoms with Crippen molar-refractivity contribution in [2.45, 2.75) is 25.2 Å². The molecule has 4 N–H and O–H groups in total. The third-order valence-corrected chi connectivity index (χ3v) is 4.20. The molecule has 0 radical (unpaired) electrons. The zero-order valence-electron chi connectivity index (χ0n) is 11.0. The number of halogens is 1. The standard InChI is InChI=1S/C12H19FN2O3S/c1-8(3-4-16)7-15-19(17,18)11-6-10(14)5-9(2)12(11)13/h5-6,8,15-16H,3-4,7,14H2,1-2H3. The Balaban J connectivity index is 2.95. The topological polar surface area (TPSA) is 92.4 Å². The summed E-state index contributed by atoms with van der Waals surface area (Å²) >= 11 is 0. The summed E-state index contributed by atoms with van der Waals surface area (Å²) in [6.45, 7) is 3.36. The molecule has 0 saturated carbocycles. The summed E-state index contributed by atoms with van der Waals surface area (Å²) < 4.78 is 40.1. The highest BCUT2D eigenvalue weighted by molar-refractivity contribution is 7.89. The highest BCUT2D eigenvalue weighted by Gasteiger charge is 2.21. The molecule has 0 aliphatic rings. The summed E-state index contributed by atoms with van der Waals surface area (Å²) in [5.41, 5.74) is 5.92. The lowest BCUT2D eigenvalue weighted by molar-refractivity contribution is 0.263. The molecule has 0 spiro atoms. The van der Waals surface area contributed by atoms with Crippen LogP contribution in [0.3, 0.4) is 0 Å². The van der Waals surface area contributed by atoms with Crippen LogP contribution in [0.15, 0.2) is 17.0 Å². The number of aliphatic hydroxyl groups is 1. The van der Waals surface area contributed by atoms with Crippen LogP contribution in [-0.2, 0) is 10.0 Å². The third kappa shape index (κ3) is 4.15. The van der Waals surface area contributed by atoms with Crippen molar-refractivity contribution in [2.75, 3.05) is 18.9 Å². The Morgan fingerprint density at radius 3 is 2.68 bits per heavy atom. The van der Waals surface area contributed by atoms with E-state index in [4.69, 9.17) is 10.8 Å². The molecule has 1 atom stereocenters. The van der Waals surface area contributed by atoms with Crippen molar-refractivity contribution >= 4 is 15.7 Å². The Morgan fingerprint density at radius 2 is 2.11 bits per heavy atom. The lowest BCUT2D eigenvalue weighted by atomic mass is 10.1. The summed E-state index contributed by atoms with van der Waals surface area (Å²) in [6.07, 6.45) is 0.473. The van der Waals surface area contributed by atoms with Gasteiger partial charge in [-0.1, -0.05) is 6.92 Å². The van der Waals surface area contributed by atoms with Crippen LogP contribution in [0.25, 0.3) is 0 Å². The largest absolute Gasteiger partial charge is 0.399 e. The van der Waals surface area contributed by atoms with Crippen molar-refractivity contribution in [1.82, 2.24) is 4.72 Å². The second-order valence-corrected chi connectivity index (χ2v) is 6.35. The van der Waals surface area contributed by atoms with Crippen LogP contribution in [0.1, 0.15) is 18.9 Å². The number of rotatable bonds is 6. The van der Waals surface area contributed by atoms with Crippen molar-refractivity contribution in [3.8, 4) is 0 Å². The van der Waals surface area contributed by atoms with E-state index in [1.54, 1.807) is 6.92 Å². The van der Waals surface area contributed by atoms with Gasteiger partial charge in [-0.15, -0.1) is 0 Å². The molecule has 0 aliphatic heterocycles. The van der Waals surface area contributed by atoms with Crippen LogP contribution >= 0.6 is 0 Å². The molecule has 0 bridgehead atoms. The first kappa shape index (κ1) is 15.9. The van der Waals surface area contributed by atoms with Crippen LogP contribution < -0.4 is 10.5 Å². The number of nitrogens with one attached hydrogen (secondary N) is 1. The first-order valence-electron chi connectivity index (χ1n) is 5.94. The molecule has 1 rings (SSSR count). The van der Waals surface area contributed by atoms with Crippen molar-refractivity contribution < 1.29 is 17.9 Å². The first-order chi connectivity index (χ1) is 8.77. The van der Waals surface area contributed by atoms with Gasteiger partial charge in [-0.05, 0) is 37.0 Å². The monoisotopic (exact) mass is 290 g/mol. The predicted octanol–water partition coefficient (Wildman–Crippen LogP) is 1.01. The molecule has 5 nitrogen and oxygen atoms in total. The lowest BCUT2D eigenvalue weighted by Crippen LogP contribution is -2.29. The maximum atomic E-state index is 13.8. The molecule has 0 heterocycles. The predicted molar refractivity (Wildman–Crippen MR) is 71.6 cm³/mol. The number of hydrogen-bond donors (Lipinski definition) is 3. The van der Waals surface area contributed by atoms with E-state index in [0.717, 1.165) is 6.07 Å². The van der Waals surface area contributed by atoms with Crippen molar-refractivity contribution in [3.63, 3.8) is 0 Å². The minimum atomic E-state index is -3.94. The maximum Gasteiger partial charge on any atom is 0.243 e. The molecule has 1 unspecified atom stereocenters. The van der Waals surface area contributed by atoms with Crippen LogP contribution in [-0.4, -0.2) is 26.7 Å². The van der Waals surface area contributed by atoms with Gasteiger partial charge in [0.2, 0.25) is 10.0 Å². The molecule has 7 heteroatoms. The first-order valence-corrected chi connectivity index (χ1v) is 7.42. The van der Waals surface area contributed by atoms with E-state index in [1.807, 2.05) is 0 Å². The molecule has 0 saturated heterocycles. The molecule has 1 aromatic carbocycles. The van der Waals surface area contributed by atoms with E-state index in [-0.39, 0.29) is 30.3 Å². The molecule has 19 heavy (non-hydrogen) atoms. The van der Waals surface area contributed by atoms with E-state index in [0.29, 0.717) is 6.42 Å². The number of benzene rings is 1. The number of aliphatic hydroxyl groups excluding tert-OH is 1. The number of aryl methyl sites for hydroxylation is 1. The fourth-order valence-corrected chi connectivity index (χ4v) is 2.96. The Hall–Kier alpha value is -1.18. The molecular formula is C12H19FN2O3S. The Morgan fingerprint density at radius 1 is 1.47 bits per heavy atom. The number of nitrogen functional groups attached to an aromatic ring is 1. The average molecular weight is 290 g/mol. The van der Waals surface area contributed by atoms with Crippen LogP contribution in [0, 0.1) is 18.7 Å². The van der Waals surface area contributed by atoms with Crippen LogP contribution in [0.4, 0.5) is 10.1 Å². The van der Waals surface area contributed by atoms with Crippen molar-refractivity contribution in [1.29, 1.82) is 0 Å². The van der Waals surface area contributed by atoms with Gasteiger partial charge in [-0.3, -0.25) is 0 Å². The van der Waals surface area contributed by atoms with Gasteiger partial charge in [0.1, 0.15) is 10.7 Å². The van der Waals surface area contributed by atoms with E-state index >= 15 is 0 Å². The Kier molecular flexibility index (Phi) is 5.28. The van der Waals surface area contributed by atoms with Crippen molar-refractivity contribution in [3.05, 3.63) is 23.5 Å². The molecule has 0 aromatic heterocycles. The van der Waals surface area contributed by atoms with Gasteiger partial charge < -0.3 is 10.8 Å². The van der Waals surface area contributed by atoms with E-state index in [1.165, 1.54) is 13.0 Å². The van der Waals surface area contributed by atoms with Crippen molar-refractivity contribution in [2.24, 2.45) is 5.92 Å². The minimum absolute atomic E-state index is 0.0192. The summed E-state index contributed by atoms with van der Waals surface area (Å²) in [6, 6.07) is 2.48. The average Bonchev–Trinajstić information content (AvgIpc) is 2.31. The van der Waals surface area contributed by atoms with Gasteiger partial charge in [-0.25, -0.2) is 17.5 Å². The molecular weight excluding hydrogens is 271 g/mol. The van der Waals surface area contributed by atoms with E-state index in [9.17, 15) is 12.8 Å². The molecule has 0 amide bonds. The molecule has 1 aromatic rings. The van der Waals surface area contributed by atoms with Crippen LogP contribution in [0.5, 0.6) is 0 Å². The van der Waals surface area contributed by atoms with Gasteiger partial charge in [-0.2, -0.15) is 0 Å². The zero-order valence-corrected chi connectivity index (χ0v) is 11.8. The van der Waals surface area contributed by atoms with E-state index in [2.05, 4.69) is 4.72 Å². The normalized spacial score (nSPS) is 13.5. The fourth-order valence-electron chi connectivity index (χ4n) is 1.61. The number of anilines is 1. The highest BCUT2D eigenvalue weighted by atomic mass is 32.2. The van der Waals surface area contributed by atoms with E-state index < -0.39 is 20.7 Å². The zero-order chi connectivity index (χ0) is 14.6. The van der Waals surface area contributed by atoms with Gasteiger partial charge in [0, 0.05) is 18.8 Å². The van der Waals surface area contributed by atoms with Gasteiger partial charge in [0.05, 0.1) is 0 Å². The summed E-state index contributed by atoms with van der Waals surface area (Å²) in [7, 11) is -3.94. The summed E-state index contributed by atoms with van der Waals surface area (Å²) in [5.74, 6) is -0.832. The quantitative estimate of drug-likeness (QED) is 0.682. The smallest absolute Gasteiger partial charge is 0.243 e. The lowest BCUT2D eigenvalue weighted by Gasteiger charge is -2.13.